The molecule has 3 rings (SSSR count). The highest BCUT2D eigenvalue weighted by Gasteiger charge is 2.16. The first-order valence-corrected chi connectivity index (χ1v) is 11.5. The van der Waals surface area contributed by atoms with Crippen molar-refractivity contribution in [2.75, 3.05) is 23.1 Å². The lowest BCUT2D eigenvalue weighted by Crippen LogP contribution is -2.29. The normalized spacial score (nSPS) is 11.1. The Morgan fingerprint density at radius 2 is 1.93 bits per heavy atom. The molecule has 0 aliphatic rings. The van der Waals surface area contributed by atoms with Gasteiger partial charge in [-0.25, -0.2) is 13.4 Å². The minimum atomic E-state index is -3.67. The Labute approximate surface area is 182 Å². The van der Waals surface area contributed by atoms with Crippen molar-refractivity contribution in [2.24, 2.45) is 0 Å². The van der Waals surface area contributed by atoms with Gasteiger partial charge in [0.15, 0.2) is 0 Å². The van der Waals surface area contributed by atoms with E-state index in [1.165, 1.54) is 18.3 Å². The summed E-state index contributed by atoms with van der Waals surface area (Å²) in [6, 6.07) is 11.0. The third-order valence-corrected chi connectivity index (χ3v) is 6.92. The van der Waals surface area contributed by atoms with Gasteiger partial charge in [0.05, 0.1) is 10.0 Å². The number of amides is 1. The Hall–Kier alpha value is -2.33. The van der Waals surface area contributed by atoms with Crippen molar-refractivity contribution in [1.82, 2.24) is 10.3 Å². The Balaban J connectivity index is 1.55. The molecule has 1 amide bonds. The summed E-state index contributed by atoms with van der Waals surface area (Å²) >= 11 is 12.9. The fraction of sp³-hybridized carbons (Fsp3) is 0.111. The topological polar surface area (TPSA) is 100 Å². The third kappa shape index (κ3) is 5.83. The maximum Gasteiger partial charge on any atom is 0.271 e. The van der Waals surface area contributed by atoms with Crippen LogP contribution in [0, 0.1) is 0 Å². The highest BCUT2D eigenvalue weighted by atomic mass is 35.5. The Morgan fingerprint density at radius 1 is 1.10 bits per heavy atom. The second-order valence-corrected chi connectivity index (χ2v) is 9.49. The maximum atomic E-state index is 12.3. The summed E-state index contributed by atoms with van der Waals surface area (Å²) in [4.78, 5) is 16.4. The van der Waals surface area contributed by atoms with E-state index in [2.05, 4.69) is 20.3 Å². The molecule has 0 saturated heterocycles. The van der Waals surface area contributed by atoms with E-state index in [1.54, 1.807) is 35.7 Å². The number of sulfonamides is 1. The summed E-state index contributed by atoms with van der Waals surface area (Å²) in [7, 11) is -3.67. The van der Waals surface area contributed by atoms with Crippen LogP contribution in [0.1, 0.15) is 10.4 Å². The van der Waals surface area contributed by atoms with E-state index in [9.17, 15) is 13.2 Å². The predicted molar refractivity (Wildman–Crippen MR) is 117 cm³/mol. The van der Waals surface area contributed by atoms with Crippen molar-refractivity contribution >= 4 is 62.0 Å². The number of thiophene rings is 1. The minimum absolute atomic E-state index is 0.202. The van der Waals surface area contributed by atoms with Crippen LogP contribution >= 0.6 is 34.5 Å². The molecule has 3 N–H and O–H groups in total. The van der Waals surface area contributed by atoms with Crippen LogP contribution in [0.5, 0.6) is 0 Å². The van der Waals surface area contributed by atoms with Crippen molar-refractivity contribution in [3.8, 4) is 0 Å². The summed E-state index contributed by atoms with van der Waals surface area (Å²) in [5, 5.41) is 8.24. The van der Waals surface area contributed by atoms with Crippen LogP contribution in [0.3, 0.4) is 0 Å². The van der Waals surface area contributed by atoms with Crippen molar-refractivity contribution in [3.05, 3.63) is 69.7 Å². The van der Waals surface area contributed by atoms with Crippen molar-refractivity contribution < 1.29 is 13.2 Å². The molecule has 0 saturated carbocycles. The van der Waals surface area contributed by atoms with Gasteiger partial charge in [-0.3, -0.25) is 9.52 Å². The monoisotopic (exact) mass is 470 g/mol. The molecule has 0 bridgehead atoms. The average molecular weight is 471 g/mol. The Morgan fingerprint density at radius 3 is 2.66 bits per heavy atom. The molecule has 7 nitrogen and oxygen atoms in total. The van der Waals surface area contributed by atoms with Crippen molar-refractivity contribution in [2.45, 2.75) is 4.21 Å². The zero-order valence-electron chi connectivity index (χ0n) is 14.9. The highest BCUT2D eigenvalue weighted by molar-refractivity contribution is 7.94. The van der Waals surface area contributed by atoms with Gasteiger partial charge in [-0.05, 0) is 35.7 Å². The van der Waals surface area contributed by atoms with Gasteiger partial charge in [-0.1, -0.05) is 35.3 Å². The predicted octanol–water partition coefficient (Wildman–Crippen LogP) is 4.09. The number of pyridine rings is 1. The van der Waals surface area contributed by atoms with Gasteiger partial charge in [-0.15, -0.1) is 11.3 Å². The van der Waals surface area contributed by atoms with Crippen LogP contribution < -0.4 is 15.4 Å². The standard InChI is InChI=1S/C18H16Cl2N4O3S2/c19-13-10-15(20)17(23-11-13)21-6-7-22-18(25)12-3-1-4-14(9-12)24-29(26,27)16-5-2-8-28-16/h1-5,8-11,24H,6-7H2,(H,21,23)(H,22,25). The van der Waals surface area contributed by atoms with E-state index in [4.69, 9.17) is 23.2 Å². The van der Waals surface area contributed by atoms with E-state index in [0.29, 0.717) is 40.2 Å². The van der Waals surface area contributed by atoms with Gasteiger partial charge in [0.1, 0.15) is 10.0 Å². The number of hydrogen-bond acceptors (Lipinski definition) is 6. The molecule has 0 aliphatic carbocycles. The lowest BCUT2D eigenvalue weighted by Gasteiger charge is -2.10. The van der Waals surface area contributed by atoms with Crippen LogP contribution in [0.2, 0.25) is 10.0 Å². The number of anilines is 2. The lowest BCUT2D eigenvalue weighted by atomic mass is 10.2. The first-order chi connectivity index (χ1) is 13.8. The van der Waals surface area contributed by atoms with Gasteiger partial charge in [0.2, 0.25) is 0 Å². The van der Waals surface area contributed by atoms with Gasteiger partial charge < -0.3 is 10.6 Å². The first-order valence-electron chi connectivity index (χ1n) is 8.35. The summed E-state index contributed by atoms with van der Waals surface area (Å²) in [6.45, 7) is 0.704. The number of carbonyl (C=O) groups excluding carboxylic acids is 1. The largest absolute Gasteiger partial charge is 0.367 e. The molecule has 2 aromatic heterocycles. The molecule has 0 radical (unpaired) electrons. The Kier molecular flexibility index (Phi) is 6.96. The quantitative estimate of drug-likeness (QED) is 0.430. The maximum absolute atomic E-state index is 12.3. The molecule has 0 aliphatic heterocycles. The molecule has 1 aromatic carbocycles. The first kappa shape index (κ1) is 21.4. The van der Waals surface area contributed by atoms with Crippen molar-refractivity contribution in [1.29, 1.82) is 0 Å². The van der Waals surface area contributed by atoms with Crippen LogP contribution in [-0.2, 0) is 10.0 Å². The SMILES string of the molecule is O=C(NCCNc1ncc(Cl)cc1Cl)c1cccc(NS(=O)(=O)c2cccs2)c1. The number of carbonyl (C=O) groups is 1. The van der Waals surface area contributed by atoms with E-state index in [-0.39, 0.29) is 10.1 Å². The Bertz CT molecular complexity index is 1110. The van der Waals surface area contributed by atoms with E-state index in [0.717, 1.165) is 11.3 Å². The molecule has 11 heteroatoms. The van der Waals surface area contributed by atoms with E-state index < -0.39 is 10.0 Å². The summed E-state index contributed by atoms with van der Waals surface area (Å²) in [5.41, 5.74) is 0.639. The molecule has 3 aromatic rings. The van der Waals surface area contributed by atoms with Crippen LogP contribution in [-0.4, -0.2) is 32.4 Å². The fourth-order valence-electron chi connectivity index (χ4n) is 2.35. The van der Waals surface area contributed by atoms with E-state index >= 15 is 0 Å². The molecule has 0 atom stereocenters. The van der Waals surface area contributed by atoms with Gasteiger partial charge in [0, 0.05) is 30.5 Å². The average Bonchev–Trinajstić information content (AvgIpc) is 3.22. The van der Waals surface area contributed by atoms with Gasteiger partial charge >= 0.3 is 0 Å². The molecule has 0 unspecified atom stereocenters. The molecule has 0 spiro atoms. The second-order valence-electron chi connectivity index (χ2n) is 5.79. The number of nitrogens with one attached hydrogen (secondary N) is 3. The molecule has 0 fully saturated rings. The smallest absolute Gasteiger partial charge is 0.271 e. The summed E-state index contributed by atoms with van der Waals surface area (Å²) in [6.07, 6.45) is 1.47. The van der Waals surface area contributed by atoms with Crippen LogP contribution in [0.15, 0.2) is 58.3 Å². The number of rotatable bonds is 8. The zero-order chi connectivity index (χ0) is 20.9. The number of nitrogens with zero attached hydrogens (tertiary/aromatic N) is 1. The lowest BCUT2D eigenvalue weighted by molar-refractivity contribution is 0.0955. The third-order valence-electron chi connectivity index (χ3n) is 3.65. The zero-order valence-corrected chi connectivity index (χ0v) is 18.0. The van der Waals surface area contributed by atoms with Crippen LogP contribution in [0.4, 0.5) is 11.5 Å². The van der Waals surface area contributed by atoms with Gasteiger partial charge in [-0.2, -0.15) is 0 Å². The molecular weight excluding hydrogens is 455 g/mol. The number of hydrogen-bond donors (Lipinski definition) is 3. The highest BCUT2D eigenvalue weighted by Crippen LogP contribution is 2.22. The summed E-state index contributed by atoms with van der Waals surface area (Å²) < 4.78 is 27.3. The van der Waals surface area contributed by atoms with Crippen LogP contribution in [0.25, 0.3) is 0 Å². The second kappa shape index (κ2) is 9.45. The number of halogens is 2. The summed E-state index contributed by atoms with van der Waals surface area (Å²) in [5.74, 6) is 0.134. The molecule has 152 valence electrons. The molecular formula is C18H16Cl2N4O3S2. The molecule has 2 heterocycles. The van der Waals surface area contributed by atoms with Gasteiger partial charge in [0.25, 0.3) is 15.9 Å². The van der Waals surface area contributed by atoms with Crippen molar-refractivity contribution in [3.63, 3.8) is 0 Å². The minimum Gasteiger partial charge on any atom is -0.367 e. The number of benzene rings is 1. The molecule has 29 heavy (non-hydrogen) atoms. The number of aromatic nitrogens is 1. The fourth-order valence-corrected chi connectivity index (χ4v) is 4.84. The van der Waals surface area contributed by atoms with E-state index in [1.807, 2.05) is 0 Å².